The third-order valence-corrected chi connectivity index (χ3v) is 4.79. The lowest BCUT2D eigenvalue weighted by Crippen LogP contribution is -2.48. The third-order valence-electron chi connectivity index (χ3n) is 4.79. The Balaban J connectivity index is 1.51. The van der Waals surface area contributed by atoms with Crippen molar-refractivity contribution < 1.29 is 13.6 Å². The lowest BCUT2D eigenvalue weighted by atomic mass is 9.93. The Kier molecular flexibility index (Phi) is 5.31. The molecule has 2 atom stereocenters. The summed E-state index contributed by atoms with van der Waals surface area (Å²) < 4.78 is 28.2. The molecule has 0 bridgehead atoms. The van der Waals surface area contributed by atoms with Crippen molar-refractivity contribution in [1.29, 1.82) is 0 Å². The van der Waals surface area contributed by atoms with Gasteiger partial charge in [-0.2, -0.15) is 0 Å². The van der Waals surface area contributed by atoms with Crippen LogP contribution in [0.3, 0.4) is 0 Å². The number of urea groups is 1. The van der Waals surface area contributed by atoms with E-state index < -0.39 is 11.6 Å². The van der Waals surface area contributed by atoms with E-state index in [1.165, 1.54) is 12.1 Å². The molecule has 0 aliphatic carbocycles. The van der Waals surface area contributed by atoms with Crippen molar-refractivity contribution in [3.05, 3.63) is 54.1 Å². The first kappa shape index (κ1) is 17.4. The second-order valence-electron chi connectivity index (χ2n) is 6.52. The second kappa shape index (κ2) is 7.63. The highest BCUT2D eigenvalue weighted by molar-refractivity contribution is 5.74. The van der Waals surface area contributed by atoms with Crippen molar-refractivity contribution in [3.63, 3.8) is 0 Å². The molecule has 7 heteroatoms. The number of hydrogen-bond donors (Lipinski definition) is 1. The molecule has 1 fully saturated rings. The number of hydrogen-bond acceptors (Lipinski definition) is 2. The lowest BCUT2D eigenvalue weighted by Gasteiger charge is -2.37. The van der Waals surface area contributed by atoms with E-state index in [0.29, 0.717) is 37.5 Å². The highest BCUT2D eigenvalue weighted by atomic mass is 19.2. The molecule has 1 aromatic carbocycles. The normalized spacial score (nSPS) is 20.5. The van der Waals surface area contributed by atoms with E-state index in [2.05, 4.69) is 17.2 Å². The monoisotopic (exact) mass is 348 g/mol. The molecular weight excluding hydrogens is 326 g/mol. The number of rotatable bonds is 4. The minimum Gasteiger partial charge on any atom is -0.338 e. The number of amides is 2. The molecule has 1 aliphatic rings. The number of piperidine rings is 1. The highest BCUT2D eigenvalue weighted by Gasteiger charge is 2.29. The summed E-state index contributed by atoms with van der Waals surface area (Å²) in [4.78, 5) is 18.3. The first-order valence-corrected chi connectivity index (χ1v) is 8.48. The predicted octanol–water partition coefficient (Wildman–Crippen LogP) is 3.00. The van der Waals surface area contributed by atoms with Crippen molar-refractivity contribution in [3.8, 4) is 0 Å². The molecular formula is C18H22F2N4O. The third kappa shape index (κ3) is 4.15. The van der Waals surface area contributed by atoms with Gasteiger partial charge in [-0.15, -0.1) is 0 Å². The number of halogens is 2. The van der Waals surface area contributed by atoms with Crippen LogP contribution in [0, 0.1) is 17.6 Å². The fraction of sp³-hybridized carbons (Fsp3) is 0.444. The summed E-state index contributed by atoms with van der Waals surface area (Å²) in [6.45, 7) is 3.91. The summed E-state index contributed by atoms with van der Waals surface area (Å²) in [5, 5.41) is 2.86. The van der Waals surface area contributed by atoms with Crippen molar-refractivity contribution >= 4 is 6.03 Å². The molecule has 2 amide bonds. The Bertz CT molecular complexity index is 720. The molecule has 0 spiro atoms. The van der Waals surface area contributed by atoms with Crippen LogP contribution in [0.1, 0.15) is 24.9 Å². The van der Waals surface area contributed by atoms with Crippen molar-refractivity contribution in [2.24, 2.45) is 5.92 Å². The van der Waals surface area contributed by atoms with Crippen LogP contribution >= 0.6 is 0 Å². The zero-order chi connectivity index (χ0) is 17.8. The number of carbonyl (C=O) groups excluding carboxylic acids is 1. The summed E-state index contributed by atoms with van der Waals surface area (Å²) in [6, 6.07) is 3.89. The summed E-state index contributed by atoms with van der Waals surface area (Å²) in [6.07, 6.45) is 6.84. The maximum Gasteiger partial charge on any atom is 0.317 e. The maximum atomic E-state index is 13.2. The van der Waals surface area contributed by atoms with Crippen molar-refractivity contribution in [2.45, 2.75) is 25.8 Å². The number of benzene rings is 1. The summed E-state index contributed by atoms with van der Waals surface area (Å²) in [7, 11) is 0. The van der Waals surface area contributed by atoms with E-state index in [1.807, 2.05) is 10.8 Å². The number of nitrogens with zero attached hydrogens (tertiary/aromatic N) is 3. The smallest absolute Gasteiger partial charge is 0.317 e. The number of imidazole rings is 1. The molecule has 1 N–H and O–H groups in total. The van der Waals surface area contributed by atoms with Gasteiger partial charge in [0.25, 0.3) is 0 Å². The van der Waals surface area contributed by atoms with Crippen molar-refractivity contribution in [2.75, 3.05) is 19.6 Å². The summed E-state index contributed by atoms with van der Waals surface area (Å²) >= 11 is 0. The van der Waals surface area contributed by atoms with Gasteiger partial charge in [0.15, 0.2) is 11.6 Å². The quantitative estimate of drug-likeness (QED) is 0.923. The van der Waals surface area contributed by atoms with E-state index in [1.54, 1.807) is 17.4 Å². The Morgan fingerprint density at radius 3 is 2.92 bits per heavy atom. The minimum atomic E-state index is -0.864. The second-order valence-corrected chi connectivity index (χ2v) is 6.52. The summed E-state index contributed by atoms with van der Waals surface area (Å²) in [5.41, 5.74) is 0.655. The van der Waals surface area contributed by atoms with E-state index in [0.717, 1.165) is 12.5 Å². The fourth-order valence-electron chi connectivity index (χ4n) is 3.21. The molecule has 0 radical (unpaired) electrons. The van der Waals surface area contributed by atoms with Gasteiger partial charge >= 0.3 is 6.03 Å². The van der Waals surface area contributed by atoms with Gasteiger partial charge in [-0.1, -0.05) is 13.0 Å². The molecule has 134 valence electrons. The first-order valence-electron chi connectivity index (χ1n) is 8.48. The van der Waals surface area contributed by atoms with Gasteiger partial charge in [-0.3, -0.25) is 0 Å². The topological polar surface area (TPSA) is 50.2 Å². The molecule has 25 heavy (non-hydrogen) atoms. The van der Waals surface area contributed by atoms with Crippen molar-refractivity contribution in [1.82, 2.24) is 19.8 Å². The average molecular weight is 348 g/mol. The average Bonchev–Trinajstić information content (AvgIpc) is 3.12. The van der Waals surface area contributed by atoms with Crippen LogP contribution in [0.5, 0.6) is 0 Å². The number of nitrogens with one attached hydrogen (secondary N) is 1. The molecule has 2 unspecified atom stereocenters. The standard InChI is InChI=1S/C18H22F2N4O/c1-13-5-8-23(11-17(13)24-9-7-21-12-24)18(25)22-6-4-14-2-3-15(19)16(20)10-14/h2-3,7,9-10,12-13,17H,4-6,8,11H2,1H3,(H,22,25). The van der Waals surface area contributed by atoms with E-state index >= 15 is 0 Å². The van der Waals surface area contributed by atoms with Gasteiger partial charge in [0.05, 0.1) is 12.4 Å². The Morgan fingerprint density at radius 2 is 2.20 bits per heavy atom. The largest absolute Gasteiger partial charge is 0.338 e. The number of likely N-dealkylation sites (tertiary alicyclic amines) is 1. The van der Waals surface area contributed by atoms with Gasteiger partial charge in [0, 0.05) is 32.0 Å². The molecule has 2 heterocycles. The molecule has 1 aliphatic heterocycles. The molecule has 1 saturated heterocycles. The Morgan fingerprint density at radius 1 is 1.36 bits per heavy atom. The first-order chi connectivity index (χ1) is 12.0. The number of carbonyl (C=O) groups is 1. The van der Waals surface area contributed by atoms with E-state index in [4.69, 9.17) is 0 Å². The lowest BCUT2D eigenvalue weighted by molar-refractivity contribution is 0.140. The Labute approximate surface area is 145 Å². The zero-order valence-electron chi connectivity index (χ0n) is 14.2. The minimum absolute atomic E-state index is 0.125. The van der Waals surface area contributed by atoms with Crippen LogP contribution < -0.4 is 5.32 Å². The van der Waals surface area contributed by atoms with Gasteiger partial charge in [0.2, 0.25) is 0 Å². The fourth-order valence-corrected chi connectivity index (χ4v) is 3.21. The van der Waals surface area contributed by atoms with Crippen LogP contribution in [-0.2, 0) is 6.42 Å². The van der Waals surface area contributed by atoms with Crippen LogP contribution in [0.25, 0.3) is 0 Å². The van der Waals surface area contributed by atoms with Crippen LogP contribution in [0.4, 0.5) is 13.6 Å². The molecule has 0 saturated carbocycles. The molecule has 5 nitrogen and oxygen atoms in total. The SMILES string of the molecule is CC1CCN(C(=O)NCCc2ccc(F)c(F)c2)CC1n1ccnc1. The number of aromatic nitrogens is 2. The van der Waals surface area contributed by atoms with E-state index in [9.17, 15) is 13.6 Å². The van der Waals surface area contributed by atoms with Gasteiger partial charge in [0.1, 0.15) is 0 Å². The van der Waals surface area contributed by atoms with Gasteiger partial charge < -0.3 is 14.8 Å². The zero-order valence-corrected chi connectivity index (χ0v) is 14.2. The predicted molar refractivity (Wildman–Crippen MR) is 90.1 cm³/mol. The highest BCUT2D eigenvalue weighted by Crippen LogP contribution is 2.27. The maximum absolute atomic E-state index is 13.2. The van der Waals surface area contributed by atoms with E-state index in [-0.39, 0.29) is 12.1 Å². The van der Waals surface area contributed by atoms with Crippen LogP contribution in [0.15, 0.2) is 36.9 Å². The van der Waals surface area contributed by atoms with Gasteiger partial charge in [-0.05, 0) is 36.5 Å². The molecule has 3 rings (SSSR count). The Hall–Kier alpha value is -2.44. The summed E-state index contributed by atoms with van der Waals surface area (Å²) in [5.74, 6) is -1.25. The molecule has 1 aromatic heterocycles. The van der Waals surface area contributed by atoms with Crippen LogP contribution in [-0.4, -0.2) is 40.1 Å². The molecule has 2 aromatic rings. The van der Waals surface area contributed by atoms with Gasteiger partial charge in [-0.25, -0.2) is 18.6 Å². The van der Waals surface area contributed by atoms with Crippen LogP contribution in [0.2, 0.25) is 0 Å².